The molecule has 2 aromatic rings. The molecule has 6 nitrogen and oxygen atoms in total. The van der Waals surface area contributed by atoms with Gasteiger partial charge in [0, 0.05) is 0 Å². The summed E-state index contributed by atoms with van der Waals surface area (Å²) in [6, 6.07) is 3.73. The van der Waals surface area contributed by atoms with Gasteiger partial charge in [-0.2, -0.15) is 0 Å². The Morgan fingerprint density at radius 2 is 2.26 bits per heavy atom. The number of hydrogen-bond acceptors (Lipinski definition) is 5. The van der Waals surface area contributed by atoms with E-state index in [1.165, 1.54) is 0 Å². The van der Waals surface area contributed by atoms with Gasteiger partial charge in [0.15, 0.2) is 17.3 Å². The van der Waals surface area contributed by atoms with E-state index in [0.29, 0.717) is 28.9 Å². The highest BCUT2D eigenvalue weighted by molar-refractivity contribution is 6.32. The number of nitrogen functional groups attached to an aromatic ring is 1. The number of rotatable bonds is 3. The molecule has 0 amide bonds. The zero-order valence-electron chi connectivity index (χ0n) is 10.4. The maximum atomic E-state index is 6.14. The summed E-state index contributed by atoms with van der Waals surface area (Å²) in [6.45, 7) is 2.76. The summed E-state index contributed by atoms with van der Waals surface area (Å²) in [5, 5.41) is 8.45. The number of halogens is 1. The van der Waals surface area contributed by atoms with E-state index in [0.717, 1.165) is 17.7 Å². The average molecular weight is 281 g/mol. The molecule has 0 atom stereocenters. The number of ether oxygens (including phenoxy) is 2. The molecule has 1 aliphatic rings. The molecule has 1 aromatic heterocycles. The van der Waals surface area contributed by atoms with E-state index in [-0.39, 0.29) is 6.79 Å². The maximum absolute atomic E-state index is 6.14. The van der Waals surface area contributed by atoms with Crippen LogP contribution in [-0.2, 0) is 13.0 Å². The van der Waals surface area contributed by atoms with Crippen LogP contribution in [0.5, 0.6) is 11.5 Å². The van der Waals surface area contributed by atoms with Crippen molar-refractivity contribution >= 4 is 17.4 Å². The third-order valence-electron chi connectivity index (χ3n) is 3.02. The smallest absolute Gasteiger partial charge is 0.231 e. The van der Waals surface area contributed by atoms with Gasteiger partial charge in [-0.25, -0.2) is 4.68 Å². The Bertz CT molecular complexity index is 626. The summed E-state index contributed by atoms with van der Waals surface area (Å²) in [5.74, 6) is 1.72. The Labute approximate surface area is 115 Å². The fourth-order valence-corrected chi connectivity index (χ4v) is 2.41. The number of benzene rings is 1. The van der Waals surface area contributed by atoms with Gasteiger partial charge in [-0.15, -0.1) is 5.10 Å². The van der Waals surface area contributed by atoms with E-state index in [9.17, 15) is 0 Å². The molecular weight excluding hydrogens is 268 g/mol. The minimum atomic E-state index is 0.203. The fraction of sp³-hybridized carbons (Fsp3) is 0.333. The van der Waals surface area contributed by atoms with E-state index in [1.807, 2.05) is 19.1 Å². The topological polar surface area (TPSA) is 75.2 Å². The van der Waals surface area contributed by atoms with Crippen molar-refractivity contribution in [2.45, 2.75) is 19.9 Å². The van der Waals surface area contributed by atoms with Crippen LogP contribution in [0.2, 0.25) is 5.02 Å². The number of hydrogen-bond donors (Lipinski definition) is 1. The Hall–Kier alpha value is -1.95. The van der Waals surface area contributed by atoms with Crippen LogP contribution >= 0.6 is 11.6 Å². The molecule has 0 aliphatic carbocycles. The third kappa shape index (κ3) is 2.08. The van der Waals surface area contributed by atoms with Crippen molar-refractivity contribution in [1.82, 2.24) is 15.0 Å². The summed E-state index contributed by atoms with van der Waals surface area (Å²) in [5.41, 5.74) is 7.64. The van der Waals surface area contributed by atoms with Gasteiger partial charge in [-0.1, -0.05) is 23.7 Å². The predicted molar refractivity (Wildman–Crippen MR) is 70.5 cm³/mol. The molecule has 0 saturated heterocycles. The quantitative estimate of drug-likeness (QED) is 0.929. The van der Waals surface area contributed by atoms with Crippen molar-refractivity contribution in [1.29, 1.82) is 0 Å². The van der Waals surface area contributed by atoms with Crippen LogP contribution in [0.4, 0.5) is 5.82 Å². The first-order valence-electron chi connectivity index (χ1n) is 5.95. The lowest BCUT2D eigenvalue weighted by Crippen LogP contribution is -2.06. The zero-order chi connectivity index (χ0) is 13.4. The van der Waals surface area contributed by atoms with Crippen LogP contribution in [-0.4, -0.2) is 21.8 Å². The SMILES string of the molecule is CCc1c(N)nnn1Cc1cc(Cl)c2c(c1)OCO2. The summed E-state index contributed by atoms with van der Waals surface area (Å²) >= 11 is 6.14. The van der Waals surface area contributed by atoms with Gasteiger partial charge in [-0.05, 0) is 24.1 Å². The normalized spacial score (nSPS) is 12.9. The second-order valence-electron chi connectivity index (χ2n) is 4.24. The van der Waals surface area contributed by atoms with Crippen molar-refractivity contribution in [3.8, 4) is 11.5 Å². The standard InChI is InChI=1S/C12H13ClN4O2/c1-2-9-12(14)15-16-17(9)5-7-3-8(13)11-10(4-7)18-6-19-11/h3-4H,2,5-6,14H2,1H3. The van der Waals surface area contributed by atoms with Gasteiger partial charge in [0.25, 0.3) is 0 Å². The molecule has 2 heterocycles. The highest BCUT2D eigenvalue weighted by atomic mass is 35.5. The monoisotopic (exact) mass is 280 g/mol. The predicted octanol–water partition coefficient (Wildman–Crippen LogP) is 1.85. The van der Waals surface area contributed by atoms with Crippen molar-refractivity contribution in [3.05, 3.63) is 28.4 Å². The number of nitrogens with zero attached hydrogens (tertiary/aromatic N) is 3. The molecule has 7 heteroatoms. The van der Waals surface area contributed by atoms with Gasteiger partial charge in [0.1, 0.15) is 0 Å². The van der Waals surface area contributed by atoms with Gasteiger partial charge in [0.2, 0.25) is 6.79 Å². The number of fused-ring (bicyclic) bond motifs is 1. The molecule has 19 heavy (non-hydrogen) atoms. The van der Waals surface area contributed by atoms with E-state index in [2.05, 4.69) is 10.3 Å². The number of aromatic nitrogens is 3. The van der Waals surface area contributed by atoms with Crippen LogP contribution in [0.15, 0.2) is 12.1 Å². The van der Waals surface area contributed by atoms with Crippen molar-refractivity contribution in [2.75, 3.05) is 12.5 Å². The molecule has 3 rings (SSSR count). The lowest BCUT2D eigenvalue weighted by molar-refractivity contribution is 0.174. The highest BCUT2D eigenvalue weighted by Crippen LogP contribution is 2.39. The van der Waals surface area contributed by atoms with E-state index in [4.69, 9.17) is 26.8 Å². The molecule has 0 spiro atoms. The van der Waals surface area contributed by atoms with Crippen molar-refractivity contribution < 1.29 is 9.47 Å². The highest BCUT2D eigenvalue weighted by Gasteiger charge is 2.19. The molecule has 2 N–H and O–H groups in total. The van der Waals surface area contributed by atoms with Gasteiger partial charge in [0.05, 0.1) is 17.3 Å². The van der Waals surface area contributed by atoms with Crippen LogP contribution in [0.3, 0.4) is 0 Å². The summed E-state index contributed by atoms with van der Waals surface area (Å²) < 4.78 is 12.4. The van der Waals surface area contributed by atoms with Gasteiger partial charge < -0.3 is 15.2 Å². The van der Waals surface area contributed by atoms with Gasteiger partial charge >= 0.3 is 0 Å². The minimum absolute atomic E-state index is 0.203. The maximum Gasteiger partial charge on any atom is 0.231 e. The first-order valence-corrected chi connectivity index (χ1v) is 6.32. The molecule has 0 saturated carbocycles. The first-order chi connectivity index (χ1) is 9.19. The largest absolute Gasteiger partial charge is 0.454 e. The summed E-state index contributed by atoms with van der Waals surface area (Å²) in [6.07, 6.45) is 0.775. The molecule has 1 aromatic carbocycles. The summed E-state index contributed by atoms with van der Waals surface area (Å²) in [4.78, 5) is 0. The zero-order valence-corrected chi connectivity index (χ0v) is 11.1. The van der Waals surface area contributed by atoms with Crippen LogP contribution in [0, 0.1) is 0 Å². The minimum Gasteiger partial charge on any atom is -0.454 e. The Morgan fingerprint density at radius 3 is 3.05 bits per heavy atom. The third-order valence-corrected chi connectivity index (χ3v) is 3.30. The Kier molecular flexibility index (Phi) is 2.94. The second-order valence-corrected chi connectivity index (χ2v) is 4.65. The van der Waals surface area contributed by atoms with Crippen molar-refractivity contribution in [3.63, 3.8) is 0 Å². The molecule has 100 valence electrons. The van der Waals surface area contributed by atoms with E-state index < -0.39 is 0 Å². The van der Waals surface area contributed by atoms with Crippen LogP contribution < -0.4 is 15.2 Å². The Morgan fingerprint density at radius 1 is 1.42 bits per heavy atom. The molecule has 0 fully saturated rings. The fourth-order valence-electron chi connectivity index (χ4n) is 2.12. The lowest BCUT2D eigenvalue weighted by atomic mass is 10.2. The first kappa shape index (κ1) is 12.1. The van der Waals surface area contributed by atoms with Crippen LogP contribution in [0.25, 0.3) is 0 Å². The van der Waals surface area contributed by atoms with E-state index >= 15 is 0 Å². The van der Waals surface area contributed by atoms with Gasteiger partial charge in [-0.3, -0.25) is 0 Å². The molecule has 0 bridgehead atoms. The second kappa shape index (κ2) is 4.62. The molecule has 0 unspecified atom stereocenters. The molecular formula is C12H13ClN4O2. The number of anilines is 1. The molecule has 0 radical (unpaired) electrons. The molecule has 1 aliphatic heterocycles. The Balaban J connectivity index is 1.93. The van der Waals surface area contributed by atoms with Crippen LogP contribution in [0.1, 0.15) is 18.2 Å². The average Bonchev–Trinajstić information content (AvgIpc) is 2.97. The summed E-state index contributed by atoms with van der Waals surface area (Å²) in [7, 11) is 0. The lowest BCUT2D eigenvalue weighted by Gasteiger charge is -2.07. The van der Waals surface area contributed by atoms with Crippen molar-refractivity contribution in [2.24, 2.45) is 0 Å². The van der Waals surface area contributed by atoms with E-state index in [1.54, 1.807) is 4.68 Å². The number of nitrogens with two attached hydrogens (primary N) is 1.